The highest BCUT2D eigenvalue weighted by Gasteiger charge is 2.39. The van der Waals surface area contributed by atoms with E-state index in [4.69, 9.17) is 15.0 Å². The molecule has 20 aromatic carbocycles. The van der Waals surface area contributed by atoms with E-state index in [9.17, 15) is 0 Å². The van der Waals surface area contributed by atoms with Crippen LogP contribution < -0.4 is 0 Å². The average molecular weight is 1750 g/mol. The molecule has 0 radical (unpaired) electrons. The molecule has 0 saturated carbocycles. The van der Waals surface area contributed by atoms with Gasteiger partial charge in [-0.1, -0.05) is 325 Å². The van der Waals surface area contributed by atoms with Crippen LogP contribution in [0.1, 0.15) is 49.9 Å². The van der Waals surface area contributed by atoms with Crippen LogP contribution >= 0.6 is 11.3 Å². The molecule has 0 aliphatic heterocycles. The van der Waals surface area contributed by atoms with Crippen LogP contribution in [-0.4, -0.2) is 28.7 Å². The zero-order valence-corrected chi connectivity index (χ0v) is 76.1. The van der Waals surface area contributed by atoms with Crippen LogP contribution in [0.2, 0.25) is 0 Å². The van der Waals surface area contributed by atoms with Gasteiger partial charge in [-0.3, -0.25) is 15.0 Å². The fourth-order valence-electron chi connectivity index (χ4n) is 23.0. The maximum Gasteiger partial charge on any atom is 0.0801 e. The number of benzene rings is 20. The molecular formula is C129H86N6S. The number of rotatable bonds is 8. The number of thiophene rings is 1. The van der Waals surface area contributed by atoms with Crippen LogP contribution in [0.5, 0.6) is 0 Å². The lowest BCUT2D eigenvalue weighted by atomic mass is 9.82. The van der Waals surface area contributed by atoms with Gasteiger partial charge in [0.25, 0.3) is 0 Å². The normalized spacial score (nSPS) is 13.0. The van der Waals surface area contributed by atoms with Gasteiger partial charge in [-0.15, -0.1) is 11.3 Å². The highest BCUT2D eigenvalue weighted by molar-refractivity contribution is 7.25. The number of para-hydroxylation sites is 2. The van der Waals surface area contributed by atoms with Gasteiger partial charge < -0.3 is 13.7 Å². The lowest BCUT2D eigenvalue weighted by molar-refractivity contribution is 0.660. The fraction of sp³-hybridized carbons (Fsp3) is 0.0465. The topological polar surface area (TPSA) is 53.5 Å². The van der Waals surface area contributed by atoms with E-state index in [1.807, 2.05) is 48.1 Å². The van der Waals surface area contributed by atoms with Crippen LogP contribution in [0.25, 0.3) is 246 Å². The van der Waals surface area contributed by atoms with Crippen LogP contribution in [0.3, 0.4) is 0 Å². The summed E-state index contributed by atoms with van der Waals surface area (Å²) in [6, 6.07) is 158. The smallest absolute Gasteiger partial charge is 0.0801 e. The van der Waals surface area contributed by atoms with Crippen molar-refractivity contribution in [1.82, 2.24) is 28.7 Å². The fourth-order valence-corrected chi connectivity index (χ4v) is 24.0. The first-order valence-electron chi connectivity index (χ1n) is 47.0. The van der Waals surface area contributed by atoms with Gasteiger partial charge in [0.15, 0.2) is 0 Å². The SMILES string of the molecule is CC1(C)c2ccccc2-c2cc3c4cc5c(cc4n(-c4cccc6ccc7cccnc7c46)c3cc21)C(C)(C)c1ccccc1-5.c1cc(-c2cccc3ccc4cccnc4c23)cc(-n2c3ccccc3c3cc(-c4ccc5sc6ccccc6c5c4)ccc32)c1.c1ccc(-c2ccc3c(c2)c2ccccc2n3-c2cccc(-c3cccc(-c4cccc5ccc6cccnc6c45)c3)c2)cc1. The maximum absolute atomic E-state index is 4.94. The molecule has 6 nitrogen and oxygen atoms in total. The third kappa shape index (κ3) is 12.4. The molecule has 0 unspecified atom stereocenters. The van der Waals surface area contributed by atoms with Crippen LogP contribution in [0, 0.1) is 0 Å². The Bertz CT molecular complexity index is 9600. The number of aromatic nitrogens is 6. The van der Waals surface area contributed by atoms with Gasteiger partial charge in [-0.05, 0) is 250 Å². The molecule has 2 aliphatic rings. The Morgan fingerprint density at radius 1 is 0.199 bits per heavy atom. The van der Waals surface area contributed by atoms with Crippen LogP contribution in [0.15, 0.2) is 449 Å². The number of hydrogen-bond donors (Lipinski definition) is 0. The van der Waals surface area contributed by atoms with E-state index in [1.54, 1.807) is 0 Å². The third-order valence-corrected chi connectivity index (χ3v) is 30.6. The molecule has 27 aromatic rings. The van der Waals surface area contributed by atoms with E-state index in [0.29, 0.717) is 0 Å². The highest BCUT2D eigenvalue weighted by atomic mass is 32.1. The Labute approximate surface area is 789 Å². The molecule has 7 heterocycles. The van der Waals surface area contributed by atoms with Crippen molar-refractivity contribution >= 4 is 162 Å². The summed E-state index contributed by atoms with van der Waals surface area (Å²) in [5.41, 5.74) is 36.8. The van der Waals surface area contributed by atoms with Crippen molar-refractivity contribution in [2.24, 2.45) is 0 Å². The summed E-state index contributed by atoms with van der Waals surface area (Å²) in [4.78, 5) is 14.5. The molecule has 0 bridgehead atoms. The predicted molar refractivity (Wildman–Crippen MR) is 576 cm³/mol. The predicted octanol–water partition coefficient (Wildman–Crippen LogP) is 34.8. The molecule has 0 spiro atoms. The molecule has 0 saturated heterocycles. The zero-order valence-electron chi connectivity index (χ0n) is 75.3. The minimum atomic E-state index is -0.0862. The molecule has 7 heteroatoms. The summed E-state index contributed by atoms with van der Waals surface area (Å²) in [7, 11) is 0. The van der Waals surface area contributed by atoms with Gasteiger partial charge in [0, 0.05) is 126 Å². The molecule has 0 atom stereocenters. The Kier molecular flexibility index (Phi) is 17.9. The maximum atomic E-state index is 4.94. The Balaban J connectivity index is 0.000000103. The first-order valence-corrected chi connectivity index (χ1v) is 47.8. The van der Waals surface area contributed by atoms with Crippen LogP contribution in [0.4, 0.5) is 0 Å². The first-order chi connectivity index (χ1) is 66.9. The molecule has 29 rings (SSSR count). The van der Waals surface area contributed by atoms with E-state index in [0.717, 1.165) is 44.1 Å². The van der Waals surface area contributed by atoms with Crippen molar-refractivity contribution in [2.75, 3.05) is 0 Å². The summed E-state index contributed by atoms with van der Waals surface area (Å²) in [6.07, 6.45) is 5.70. The molecule has 7 aromatic heterocycles. The number of pyridine rings is 3. The lowest BCUT2D eigenvalue weighted by Crippen LogP contribution is -2.15. The van der Waals surface area contributed by atoms with Crippen molar-refractivity contribution in [2.45, 2.75) is 38.5 Å². The van der Waals surface area contributed by atoms with Crippen LogP contribution in [-0.2, 0) is 10.8 Å². The Morgan fingerprint density at radius 3 is 1.12 bits per heavy atom. The minimum Gasteiger partial charge on any atom is -0.309 e. The quantitative estimate of drug-likeness (QED) is 0.143. The molecule has 0 N–H and O–H groups in total. The molecule has 0 amide bonds. The van der Waals surface area contributed by atoms with Gasteiger partial charge in [0.05, 0.1) is 55.3 Å². The van der Waals surface area contributed by atoms with Crippen molar-refractivity contribution in [3.8, 4) is 95.0 Å². The van der Waals surface area contributed by atoms with E-state index in [1.165, 1.54) is 224 Å². The van der Waals surface area contributed by atoms with E-state index < -0.39 is 0 Å². The van der Waals surface area contributed by atoms with E-state index in [2.05, 4.69) is 454 Å². The summed E-state index contributed by atoms with van der Waals surface area (Å²) >= 11 is 1.86. The molecule has 2 aliphatic carbocycles. The molecular weight excluding hydrogens is 1670 g/mol. The number of hydrogen-bond acceptors (Lipinski definition) is 4. The van der Waals surface area contributed by atoms with E-state index in [-0.39, 0.29) is 10.8 Å². The second-order valence-electron chi connectivity index (χ2n) is 37.6. The van der Waals surface area contributed by atoms with E-state index >= 15 is 0 Å². The molecule has 0 fully saturated rings. The van der Waals surface area contributed by atoms with Gasteiger partial charge in [-0.25, -0.2) is 0 Å². The van der Waals surface area contributed by atoms with Gasteiger partial charge in [0.2, 0.25) is 0 Å². The first kappa shape index (κ1) is 78.8. The van der Waals surface area contributed by atoms with Crippen molar-refractivity contribution in [3.05, 3.63) is 472 Å². The monoisotopic (exact) mass is 1750 g/mol. The zero-order chi connectivity index (χ0) is 90.2. The second kappa shape index (κ2) is 30.8. The average Bonchev–Trinajstić information content (AvgIpc) is 1.53. The second-order valence-corrected chi connectivity index (χ2v) is 38.7. The summed E-state index contributed by atoms with van der Waals surface area (Å²) in [6.45, 7) is 9.50. The largest absolute Gasteiger partial charge is 0.309 e. The minimum absolute atomic E-state index is 0.0862. The van der Waals surface area contributed by atoms with Gasteiger partial charge in [-0.2, -0.15) is 0 Å². The molecule has 638 valence electrons. The lowest BCUT2D eigenvalue weighted by Gasteiger charge is -2.22. The Morgan fingerprint density at radius 2 is 0.566 bits per heavy atom. The van der Waals surface area contributed by atoms with Crippen molar-refractivity contribution in [1.29, 1.82) is 0 Å². The van der Waals surface area contributed by atoms with Gasteiger partial charge >= 0.3 is 0 Å². The third-order valence-electron chi connectivity index (χ3n) is 29.4. The summed E-state index contributed by atoms with van der Waals surface area (Å²) in [5, 5.41) is 21.0. The number of nitrogens with zero attached hydrogens (tertiary/aromatic N) is 6. The summed E-state index contributed by atoms with van der Waals surface area (Å²) < 4.78 is 10.0. The standard InChI is InChI=1S/C43H26N2S.C43H32N2.C43H28N2/c1-3-15-38-34(12-1)36-25-29(30-20-22-41-37(26-30)35-13-2-4-16-40(35)46-41)19-21-39(36)45(38)32-11-5-9-31(24-32)33-14-6-8-27-17-18-28-10-7-23-44-43(28)42(27)33;1-42(2)33-15-7-5-13-27(33)29-21-31-32-22-30-28-14-6-8-16-34(28)43(3,4)36(30)24-39(32)45(38(31)23-35(29)42)37-17-9-11-25-18-19-26-12-10-20-44-41(26)40(25)37;1-2-10-29(11-3-1)34-23-24-41-39(28-34)38-18-4-5-20-40(38)45(41)36-17-7-14-33(27-36)32-13-6-15-35(26-32)37-19-8-12-30-21-22-31-16-9-25-44-43(31)42(30)37/h1-26H;5-24H,1-4H3;1-28H. The summed E-state index contributed by atoms with van der Waals surface area (Å²) in [5.74, 6) is 0. The highest BCUT2D eigenvalue weighted by Crippen LogP contribution is 2.56. The van der Waals surface area contributed by atoms with Crippen molar-refractivity contribution in [3.63, 3.8) is 0 Å². The van der Waals surface area contributed by atoms with Crippen molar-refractivity contribution < 1.29 is 0 Å². The Hall–Kier alpha value is -17.0. The van der Waals surface area contributed by atoms with Gasteiger partial charge in [0.1, 0.15) is 0 Å². The molecule has 136 heavy (non-hydrogen) atoms. The number of fused-ring (bicyclic) bond motifs is 27.